The number of halogens is 1. The summed E-state index contributed by atoms with van der Waals surface area (Å²) in [7, 11) is 0. The Morgan fingerprint density at radius 3 is 2.36 bits per heavy atom. The molecule has 1 N–H and O–H groups in total. The fourth-order valence-electron chi connectivity index (χ4n) is 1.79. The summed E-state index contributed by atoms with van der Waals surface area (Å²) in [6.45, 7) is 1.78. The van der Waals surface area contributed by atoms with Crippen LogP contribution in [0, 0.1) is 0 Å². The quantitative estimate of drug-likeness (QED) is 0.831. The summed E-state index contributed by atoms with van der Waals surface area (Å²) >= 11 is 3.34. The molecule has 0 radical (unpaired) electrons. The summed E-state index contributed by atoms with van der Waals surface area (Å²) in [4.78, 5) is 23.9. The number of hydrogen-bond donors (Lipinski definition) is 1. The van der Waals surface area contributed by atoms with Gasteiger partial charge in [-0.3, -0.25) is 4.79 Å². The van der Waals surface area contributed by atoms with Crippen molar-refractivity contribution < 1.29 is 14.3 Å². The number of nitrogens with one attached hydrogen (secondary N) is 1. The van der Waals surface area contributed by atoms with Gasteiger partial charge < -0.3 is 10.1 Å². The molecular weight excluding hydrogens is 346 g/mol. The van der Waals surface area contributed by atoms with E-state index in [1.165, 1.54) is 0 Å². The van der Waals surface area contributed by atoms with Crippen molar-refractivity contribution in [1.29, 1.82) is 0 Å². The zero-order chi connectivity index (χ0) is 15.9. The molecule has 2 rings (SSSR count). The van der Waals surface area contributed by atoms with Crippen LogP contribution in [0.4, 0.5) is 0 Å². The molecule has 0 unspecified atom stereocenters. The third kappa shape index (κ3) is 4.70. The van der Waals surface area contributed by atoms with Crippen LogP contribution in [-0.2, 0) is 16.1 Å². The second kappa shape index (κ2) is 7.75. The lowest BCUT2D eigenvalue weighted by Crippen LogP contribution is -2.39. The Morgan fingerprint density at radius 2 is 1.73 bits per heavy atom. The largest absolute Gasteiger partial charge is 0.459 e. The van der Waals surface area contributed by atoms with E-state index in [-0.39, 0.29) is 12.5 Å². The molecule has 0 heterocycles. The van der Waals surface area contributed by atoms with Crippen molar-refractivity contribution in [3.05, 3.63) is 70.2 Å². The highest BCUT2D eigenvalue weighted by Crippen LogP contribution is 2.11. The lowest BCUT2D eigenvalue weighted by Gasteiger charge is -2.13. The highest BCUT2D eigenvalue weighted by Gasteiger charge is 2.17. The van der Waals surface area contributed by atoms with Gasteiger partial charge in [0.1, 0.15) is 12.6 Å². The Hall–Kier alpha value is -2.14. The van der Waals surface area contributed by atoms with Gasteiger partial charge in [-0.1, -0.05) is 46.3 Å². The van der Waals surface area contributed by atoms with Crippen LogP contribution in [0.25, 0.3) is 0 Å². The molecule has 0 bridgehead atoms. The standard InChI is InChI=1S/C17H16BrNO3/c1-12(19-16(20)14-5-3-2-4-6-14)17(21)22-11-13-7-9-15(18)10-8-13/h2-10,12H,11H2,1H3,(H,19,20)/t12-/m0/s1. The van der Waals surface area contributed by atoms with Crippen molar-refractivity contribution in [2.75, 3.05) is 0 Å². The molecule has 0 saturated carbocycles. The van der Waals surface area contributed by atoms with E-state index < -0.39 is 12.0 Å². The van der Waals surface area contributed by atoms with E-state index >= 15 is 0 Å². The number of rotatable bonds is 5. The molecule has 22 heavy (non-hydrogen) atoms. The van der Waals surface area contributed by atoms with Crippen LogP contribution in [0.5, 0.6) is 0 Å². The number of amides is 1. The van der Waals surface area contributed by atoms with Crippen LogP contribution in [0.15, 0.2) is 59.1 Å². The highest BCUT2D eigenvalue weighted by atomic mass is 79.9. The van der Waals surface area contributed by atoms with Gasteiger partial charge in [0.15, 0.2) is 0 Å². The maximum atomic E-state index is 11.9. The van der Waals surface area contributed by atoms with E-state index in [0.29, 0.717) is 5.56 Å². The van der Waals surface area contributed by atoms with Gasteiger partial charge in [-0.25, -0.2) is 4.79 Å². The van der Waals surface area contributed by atoms with E-state index in [2.05, 4.69) is 21.2 Å². The predicted octanol–water partition coefficient (Wildman–Crippen LogP) is 3.31. The first-order valence-electron chi connectivity index (χ1n) is 6.83. The van der Waals surface area contributed by atoms with Crippen molar-refractivity contribution in [1.82, 2.24) is 5.32 Å². The van der Waals surface area contributed by atoms with Gasteiger partial charge >= 0.3 is 5.97 Å². The van der Waals surface area contributed by atoms with Gasteiger partial charge in [-0.2, -0.15) is 0 Å². The Labute approximate surface area is 137 Å². The van der Waals surface area contributed by atoms with E-state index in [4.69, 9.17) is 4.74 Å². The summed E-state index contributed by atoms with van der Waals surface area (Å²) in [5.74, 6) is -0.763. The highest BCUT2D eigenvalue weighted by molar-refractivity contribution is 9.10. The van der Waals surface area contributed by atoms with Crippen molar-refractivity contribution in [2.24, 2.45) is 0 Å². The van der Waals surface area contributed by atoms with Crippen LogP contribution in [0.2, 0.25) is 0 Å². The van der Waals surface area contributed by atoms with Gasteiger partial charge in [0.05, 0.1) is 0 Å². The first-order valence-corrected chi connectivity index (χ1v) is 7.62. The molecule has 114 valence electrons. The maximum Gasteiger partial charge on any atom is 0.328 e. The maximum absolute atomic E-state index is 11.9. The average molecular weight is 362 g/mol. The molecule has 0 saturated heterocycles. The predicted molar refractivity (Wildman–Crippen MR) is 87.3 cm³/mol. The van der Waals surface area contributed by atoms with Gasteiger partial charge in [-0.15, -0.1) is 0 Å². The van der Waals surface area contributed by atoms with E-state index in [0.717, 1.165) is 10.0 Å². The van der Waals surface area contributed by atoms with Crippen molar-refractivity contribution in [3.63, 3.8) is 0 Å². The molecule has 0 spiro atoms. The SMILES string of the molecule is C[C@H](NC(=O)c1ccccc1)C(=O)OCc1ccc(Br)cc1. The molecule has 0 fully saturated rings. The zero-order valence-corrected chi connectivity index (χ0v) is 13.7. The van der Waals surface area contributed by atoms with Crippen molar-refractivity contribution >= 4 is 27.8 Å². The smallest absolute Gasteiger partial charge is 0.328 e. The minimum Gasteiger partial charge on any atom is -0.459 e. The summed E-state index contributed by atoms with van der Waals surface area (Å²) < 4.78 is 6.16. The Balaban J connectivity index is 1.84. The fraction of sp³-hybridized carbons (Fsp3) is 0.176. The topological polar surface area (TPSA) is 55.4 Å². The number of benzene rings is 2. The monoisotopic (exact) mass is 361 g/mol. The average Bonchev–Trinajstić information content (AvgIpc) is 2.54. The molecular formula is C17H16BrNO3. The van der Waals surface area contributed by atoms with Gasteiger partial charge in [0.25, 0.3) is 5.91 Å². The lowest BCUT2D eigenvalue weighted by atomic mass is 10.2. The van der Waals surface area contributed by atoms with Gasteiger partial charge in [0.2, 0.25) is 0 Å². The summed E-state index contributed by atoms with van der Waals surface area (Å²) in [5.41, 5.74) is 1.40. The van der Waals surface area contributed by atoms with E-state index in [9.17, 15) is 9.59 Å². The van der Waals surface area contributed by atoms with Crippen LogP contribution < -0.4 is 5.32 Å². The zero-order valence-electron chi connectivity index (χ0n) is 12.1. The van der Waals surface area contributed by atoms with E-state index in [1.54, 1.807) is 31.2 Å². The second-order valence-corrected chi connectivity index (χ2v) is 5.71. The van der Waals surface area contributed by atoms with E-state index in [1.807, 2.05) is 30.3 Å². The second-order valence-electron chi connectivity index (χ2n) is 4.80. The Kier molecular flexibility index (Phi) is 5.72. The number of esters is 1. The molecule has 2 aromatic rings. The lowest BCUT2D eigenvalue weighted by molar-refractivity contribution is -0.146. The van der Waals surface area contributed by atoms with Gasteiger partial charge in [0, 0.05) is 10.0 Å². The summed E-state index contributed by atoms with van der Waals surface area (Å²) in [6, 6.07) is 15.5. The van der Waals surface area contributed by atoms with Crippen LogP contribution in [0.1, 0.15) is 22.8 Å². The molecule has 1 atom stereocenters. The molecule has 5 heteroatoms. The van der Waals surface area contributed by atoms with Crippen LogP contribution >= 0.6 is 15.9 Å². The van der Waals surface area contributed by atoms with Gasteiger partial charge in [-0.05, 0) is 36.8 Å². The van der Waals surface area contributed by atoms with Crippen molar-refractivity contribution in [2.45, 2.75) is 19.6 Å². The summed E-state index contributed by atoms with van der Waals surface area (Å²) in [5, 5.41) is 2.62. The first kappa shape index (κ1) is 16.2. The molecule has 0 aliphatic rings. The van der Waals surface area contributed by atoms with Crippen LogP contribution in [0.3, 0.4) is 0 Å². The Bertz CT molecular complexity index is 641. The molecule has 0 aromatic heterocycles. The molecule has 1 amide bonds. The molecule has 4 nitrogen and oxygen atoms in total. The normalized spacial score (nSPS) is 11.5. The number of ether oxygens (including phenoxy) is 1. The number of hydrogen-bond acceptors (Lipinski definition) is 3. The molecule has 0 aliphatic carbocycles. The number of carbonyl (C=O) groups excluding carboxylic acids is 2. The molecule has 0 aliphatic heterocycles. The first-order chi connectivity index (χ1) is 10.6. The molecule has 2 aromatic carbocycles. The minimum atomic E-state index is -0.705. The summed E-state index contributed by atoms with van der Waals surface area (Å²) in [6.07, 6.45) is 0. The third-order valence-electron chi connectivity index (χ3n) is 3.03. The van der Waals surface area contributed by atoms with Crippen molar-refractivity contribution in [3.8, 4) is 0 Å². The Morgan fingerprint density at radius 1 is 1.09 bits per heavy atom. The minimum absolute atomic E-state index is 0.178. The third-order valence-corrected chi connectivity index (χ3v) is 3.56. The van der Waals surface area contributed by atoms with Crippen LogP contribution in [-0.4, -0.2) is 17.9 Å². The fourth-order valence-corrected chi connectivity index (χ4v) is 2.05. The number of carbonyl (C=O) groups is 2.